The van der Waals surface area contributed by atoms with Gasteiger partial charge in [-0.05, 0) is 44.7 Å². The number of sulfone groups is 1. The van der Waals surface area contributed by atoms with Gasteiger partial charge in [-0.15, -0.1) is 0 Å². The molecule has 3 saturated heterocycles. The normalized spacial score (nSPS) is 44.7. The highest BCUT2D eigenvalue weighted by Crippen LogP contribution is 2.28. The molecule has 4 unspecified atom stereocenters. The predicted molar refractivity (Wildman–Crippen MR) is 67.8 cm³/mol. The Balaban J connectivity index is 1.59. The smallest absolute Gasteiger partial charge is 0.151 e. The van der Waals surface area contributed by atoms with Gasteiger partial charge in [0, 0.05) is 18.6 Å². The zero-order chi connectivity index (χ0) is 11.9. The van der Waals surface area contributed by atoms with Crippen LogP contribution in [0, 0.1) is 5.92 Å². The third kappa shape index (κ3) is 2.66. The maximum Gasteiger partial charge on any atom is 0.151 e. The van der Waals surface area contributed by atoms with Gasteiger partial charge in [0.15, 0.2) is 9.84 Å². The van der Waals surface area contributed by atoms with Crippen LogP contribution in [-0.4, -0.2) is 56.5 Å². The second-order valence-corrected chi connectivity index (χ2v) is 8.09. The summed E-state index contributed by atoms with van der Waals surface area (Å²) in [4.78, 5) is 2.53. The van der Waals surface area contributed by atoms with Crippen LogP contribution in [0.25, 0.3) is 0 Å². The van der Waals surface area contributed by atoms with Gasteiger partial charge in [-0.2, -0.15) is 0 Å². The van der Waals surface area contributed by atoms with Crippen molar-refractivity contribution in [1.29, 1.82) is 0 Å². The average molecular weight is 258 g/mol. The van der Waals surface area contributed by atoms with Crippen LogP contribution < -0.4 is 5.32 Å². The lowest BCUT2D eigenvalue weighted by Gasteiger charge is -2.35. The molecule has 3 rings (SSSR count). The topological polar surface area (TPSA) is 49.4 Å². The molecule has 0 spiro atoms. The van der Waals surface area contributed by atoms with Crippen molar-refractivity contribution in [3.63, 3.8) is 0 Å². The summed E-state index contributed by atoms with van der Waals surface area (Å²) in [5.74, 6) is 1.51. The van der Waals surface area contributed by atoms with Crippen molar-refractivity contribution in [1.82, 2.24) is 10.2 Å². The largest absolute Gasteiger partial charge is 0.310 e. The average Bonchev–Trinajstić information content (AvgIpc) is 2.64. The number of fused-ring (bicyclic) bond motifs is 2. The zero-order valence-corrected chi connectivity index (χ0v) is 11.1. The van der Waals surface area contributed by atoms with E-state index < -0.39 is 9.84 Å². The van der Waals surface area contributed by atoms with Crippen LogP contribution in [0.3, 0.4) is 0 Å². The fraction of sp³-hybridized carbons (Fsp3) is 1.00. The predicted octanol–water partition coefficient (Wildman–Crippen LogP) is 0.247. The molecule has 0 aromatic rings. The number of rotatable bonds is 2. The standard InChI is InChI=1S/C12H22N2O2S/c15-17(16)7-1-2-11(9-17)13-12-4-6-14-5-3-10(12)8-14/h10-13H,1-9H2. The molecule has 0 radical (unpaired) electrons. The SMILES string of the molecule is O=S1(=O)CCCC(NC2CCN3CCC2C3)C1. The fourth-order valence-corrected chi connectivity index (χ4v) is 5.28. The van der Waals surface area contributed by atoms with E-state index in [2.05, 4.69) is 10.2 Å². The van der Waals surface area contributed by atoms with E-state index in [1.54, 1.807) is 0 Å². The summed E-state index contributed by atoms with van der Waals surface area (Å²) >= 11 is 0. The Kier molecular flexibility index (Phi) is 3.17. The molecule has 3 heterocycles. The monoisotopic (exact) mass is 258 g/mol. The van der Waals surface area contributed by atoms with Crippen molar-refractivity contribution in [3.8, 4) is 0 Å². The minimum atomic E-state index is -2.77. The van der Waals surface area contributed by atoms with Crippen molar-refractivity contribution in [2.24, 2.45) is 5.92 Å². The van der Waals surface area contributed by atoms with Crippen LogP contribution >= 0.6 is 0 Å². The molecule has 3 aliphatic heterocycles. The Morgan fingerprint density at radius 1 is 1.12 bits per heavy atom. The van der Waals surface area contributed by atoms with Crippen molar-refractivity contribution in [2.45, 2.75) is 37.8 Å². The van der Waals surface area contributed by atoms with Gasteiger partial charge in [-0.25, -0.2) is 8.42 Å². The van der Waals surface area contributed by atoms with Gasteiger partial charge in [0.2, 0.25) is 0 Å². The molecule has 0 aliphatic carbocycles. The molecule has 0 aromatic carbocycles. The van der Waals surface area contributed by atoms with E-state index in [1.807, 2.05) is 0 Å². The molecule has 1 N–H and O–H groups in total. The number of hydrogen-bond acceptors (Lipinski definition) is 4. The summed E-state index contributed by atoms with van der Waals surface area (Å²) in [6, 6.07) is 0.776. The van der Waals surface area contributed by atoms with Crippen LogP contribution in [0.5, 0.6) is 0 Å². The first-order chi connectivity index (χ1) is 8.12. The van der Waals surface area contributed by atoms with E-state index in [0.717, 1.165) is 18.8 Å². The molecule has 4 atom stereocenters. The molecule has 98 valence electrons. The van der Waals surface area contributed by atoms with E-state index in [1.165, 1.54) is 32.5 Å². The Labute approximate surface area is 104 Å². The van der Waals surface area contributed by atoms with Crippen molar-refractivity contribution >= 4 is 9.84 Å². The van der Waals surface area contributed by atoms with Gasteiger partial charge >= 0.3 is 0 Å². The van der Waals surface area contributed by atoms with E-state index in [0.29, 0.717) is 17.5 Å². The molecular formula is C12H22N2O2S. The molecule has 5 heteroatoms. The summed E-state index contributed by atoms with van der Waals surface area (Å²) in [5, 5.41) is 3.64. The van der Waals surface area contributed by atoms with Crippen LogP contribution in [0.4, 0.5) is 0 Å². The van der Waals surface area contributed by atoms with Crippen molar-refractivity contribution < 1.29 is 8.42 Å². The fourth-order valence-electron chi connectivity index (χ4n) is 3.63. The first kappa shape index (κ1) is 11.9. The summed E-state index contributed by atoms with van der Waals surface area (Å²) in [7, 11) is -2.77. The van der Waals surface area contributed by atoms with Crippen LogP contribution in [0.2, 0.25) is 0 Å². The second-order valence-electron chi connectivity index (χ2n) is 5.86. The minimum absolute atomic E-state index is 0.214. The number of piperidine rings is 1. The lowest BCUT2D eigenvalue weighted by atomic mass is 9.93. The third-order valence-corrected chi connectivity index (χ3v) is 6.37. The molecule has 3 aliphatic rings. The molecule has 0 saturated carbocycles. The number of hydrogen-bond donors (Lipinski definition) is 1. The maximum absolute atomic E-state index is 11.6. The molecule has 17 heavy (non-hydrogen) atoms. The lowest BCUT2D eigenvalue weighted by molar-refractivity contribution is 0.209. The highest BCUT2D eigenvalue weighted by Gasteiger charge is 2.36. The van der Waals surface area contributed by atoms with Gasteiger partial charge in [0.25, 0.3) is 0 Å². The van der Waals surface area contributed by atoms with E-state index in [-0.39, 0.29) is 6.04 Å². The highest BCUT2D eigenvalue weighted by molar-refractivity contribution is 7.91. The molecule has 3 fully saturated rings. The molecular weight excluding hydrogens is 236 g/mol. The first-order valence-electron chi connectivity index (χ1n) is 6.81. The first-order valence-corrected chi connectivity index (χ1v) is 8.63. The van der Waals surface area contributed by atoms with E-state index >= 15 is 0 Å². The second kappa shape index (κ2) is 4.52. The summed E-state index contributed by atoms with van der Waals surface area (Å²) in [5.41, 5.74) is 0. The van der Waals surface area contributed by atoms with Gasteiger partial charge < -0.3 is 10.2 Å². The Morgan fingerprint density at radius 3 is 2.76 bits per heavy atom. The summed E-state index contributed by atoms with van der Waals surface area (Å²) < 4.78 is 23.2. The highest BCUT2D eigenvalue weighted by atomic mass is 32.2. The van der Waals surface area contributed by atoms with Crippen LogP contribution in [-0.2, 0) is 9.84 Å². The molecule has 2 bridgehead atoms. The van der Waals surface area contributed by atoms with E-state index in [9.17, 15) is 8.42 Å². The quantitative estimate of drug-likeness (QED) is 0.771. The molecule has 0 aromatic heterocycles. The summed E-state index contributed by atoms with van der Waals surface area (Å²) in [6.07, 6.45) is 4.36. The van der Waals surface area contributed by atoms with Crippen molar-refractivity contribution in [3.05, 3.63) is 0 Å². The van der Waals surface area contributed by atoms with Gasteiger partial charge in [-0.1, -0.05) is 0 Å². The Bertz CT molecular complexity index is 382. The molecule has 4 nitrogen and oxygen atoms in total. The van der Waals surface area contributed by atoms with Crippen LogP contribution in [0.1, 0.15) is 25.7 Å². The van der Waals surface area contributed by atoms with Gasteiger partial charge in [0.05, 0.1) is 11.5 Å². The lowest BCUT2D eigenvalue weighted by Crippen LogP contribution is -2.51. The number of nitrogens with one attached hydrogen (secondary N) is 1. The Hall–Kier alpha value is -0.130. The van der Waals surface area contributed by atoms with Gasteiger partial charge in [0.1, 0.15) is 0 Å². The third-order valence-electron chi connectivity index (χ3n) is 4.55. The van der Waals surface area contributed by atoms with Crippen LogP contribution in [0.15, 0.2) is 0 Å². The number of nitrogens with zero attached hydrogens (tertiary/aromatic N) is 1. The van der Waals surface area contributed by atoms with Gasteiger partial charge in [-0.3, -0.25) is 0 Å². The summed E-state index contributed by atoms with van der Waals surface area (Å²) in [6.45, 7) is 3.65. The zero-order valence-electron chi connectivity index (χ0n) is 10.3. The minimum Gasteiger partial charge on any atom is -0.310 e. The molecule has 0 amide bonds. The van der Waals surface area contributed by atoms with Crippen molar-refractivity contribution in [2.75, 3.05) is 31.1 Å². The Morgan fingerprint density at radius 2 is 1.94 bits per heavy atom. The van der Waals surface area contributed by atoms with E-state index in [4.69, 9.17) is 0 Å². The maximum atomic E-state index is 11.6.